The molecule has 0 aliphatic carbocycles. The van der Waals surface area contributed by atoms with Crippen LogP contribution in [-0.2, 0) is 9.47 Å². The monoisotopic (exact) mass is 460 g/mol. The quantitative estimate of drug-likeness (QED) is 0.358. The molecule has 2 unspecified atom stereocenters. The predicted molar refractivity (Wildman–Crippen MR) is 124 cm³/mol. The molecule has 0 radical (unpaired) electrons. The summed E-state index contributed by atoms with van der Waals surface area (Å²) in [6.45, 7) is 13.0. The van der Waals surface area contributed by atoms with Crippen LogP contribution in [0, 0.1) is 22.5 Å². The molecule has 1 amide bonds. The Morgan fingerprint density at radius 3 is 2.33 bits per heavy atom. The smallest absolute Gasteiger partial charge is 0.413 e. The van der Waals surface area contributed by atoms with Gasteiger partial charge in [-0.3, -0.25) is 5.32 Å². The molecule has 30 heavy (non-hydrogen) atoms. The minimum Gasteiger partial charge on any atom is -0.457 e. The van der Waals surface area contributed by atoms with Gasteiger partial charge in [-0.05, 0) is 76.7 Å². The lowest BCUT2D eigenvalue weighted by Gasteiger charge is -2.32. The highest BCUT2D eigenvalue weighted by molar-refractivity contribution is 8.17. The van der Waals surface area contributed by atoms with Gasteiger partial charge in [0.1, 0.15) is 5.40 Å². The molecule has 0 aromatic carbocycles. The van der Waals surface area contributed by atoms with Crippen LogP contribution in [-0.4, -0.2) is 60.8 Å². The average Bonchev–Trinajstić information content (AvgIpc) is 2.70. The second-order valence-electron chi connectivity index (χ2n) is 7.17. The molecular weight excluding hydrogens is 424 g/mol. The van der Waals surface area contributed by atoms with Gasteiger partial charge in [0.2, 0.25) is 0 Å². The zero-order valence-electron chi connectivity index (χ0n) is 18.6. The van der Waals surface area contributed by atoms with E-state index in [1.807, 2.05) is 4.90 Å². The van der Waals surface area contributed by atoms with Crippen LogP contribution in [0.4, 0.5) is 9.59 Å². The molecule has 2 aliphatic heterocycles. The molecule has 8 nitrogen and oxygen atoms in total. The standard InChI is InChI=1S/C10H18N2O2S.C6H13N.C4H5NO2S/c1-3-14-10(13)11-9(15)12-6-4-5-8(2)7-12;1-6-3-2-4-7-5-6;1-2-7-4(6)8-3-5/h8H,3-7H2,1-2H3,(H,11,13,15);6-7H,2-5H2,1H3;2H2,1H3. The fourth-order valence-corrected chi connectivity index (χ4v) is 3.42. The number of hydrogen-bond acceptors (Lipinski definition) is 8. The van der Waals surface area contributed by atoms with Crippen LogP contribution < -0.4 is 10.6 Å². The van der Waals surface area contributed by atoms with Crippen LogP contribution in [0.2, 0.25) is 0 Å². The number of piperidine rings is 2. The van der Waals surface area contributed by atoms with Gasteiger partial charge in [-0.15, -0.1) is 0 Å². The van der Waals surface area contributed by atoms with Crippen LogP contribution >= 0.6 is 24.0 Å². The minimum atomic E-state index is -0.532. The van der Waals surface area contributed by atoms with E-state index in [2.05, 4.69) is 29.2 Å². The molecule has 2 heterocycles. The lowest BCUT2D eigenvalue weighted by molar-refractivity contribution is 0.156. The molecule has 0 aromatic heterocycles. The van der Waals surface area contributed by atoms with Gasteiger partial charge in [0.15, 0.2) is 5.11 Å². The molecule has 0 bridgehead atoms. The largest absolute Gasteiger partial charge is 0.457 e. The molecule has 2 N–H and O–H groups in total. The normalized spacial score (nSPS) is 20.2. The van der Waals surface area contributed by atoms with Crippen LogP contribution in [0.3, 0.4) is 0 Å². The molecule has 172 valence electrons. The third-order valence-corrected chi connectivity index (χ3v) is 5.10. The molecule has 2 saturated heterocycles. The molecule has 0 aromatic rings. The van der Waals surface area contributed by atoms with Gasteiger partial charge in [0, 0.05) is 13.1 Å². The summed E-state index contributed by atoms with van der Waals surface area (Å²) in [6.07, 6.45) is 4.71. The summed E-state index contributed by atoms with van der Waals surface area (Å²) in [7, 11) is 0. The first-order valence-corrected chi connectivity index (χ1v) is 11.7. The molecule has 0 spiro atoms. The van der Waals surface area contributed by atoms with Gasteiger partial charge < -0.3 is 19.7 Å². The maximum absolute atomic E-state index is 11.1. The van der Waals surface area contributed by atoms with Crippen molar-refractivity contribution in [3.63, 3.8) is 0 Å². The lowest BCUT2D eigenvalue weighted by atomic mass is 10.0. The maximum Gasteiger partial charge on any atom is 0.413 e. The predicted octanol–water partition coefficient (Wildman–Crippen LogP) is 4.11. The van der Waals surface area contributed by atoms with Crippen LogP contribution in [0.5, 0.6) is 0 Å². The van der Waals surface area contributed by atoms with Gasteiger partial charge in [-0.1, -0.05) is 13.8 Å². The van der Waals surface area contributed by atoms with Gasteiger partial charge in [-0.25, -0.2) is 9.59 Å². The van der Waals surface area contributed by atoms with E-state index in [0.717, 1.165) is 25.4 Å². The second kappa shape index (κ2) is 18.2. The third kappa shape index (κ3) is 15.3. The SMILES string of the molecule is CC1CCCNC1.CCOC(=O)NC(=S)N1CCCC(C)C1.CCOC(=O)SC#N. The Hall–Kier alpha value is -1.57. The number of nitrogens with one attached hydrogen (secondary N) is 2. The van der Waals surface area contributed by atoms with Crippen molar-refractivity contribution >= 4 is 40.5 Å². The van der Waals surface area contributed by atoms with Gasteiger partial charge >= 0.3 is 11.4 Å². The number of thiocyanates is 1. The summed E-state index contributed by atoms with van der Waals surface area (Å²) in [6, 6.07) is 0. The first-order chi connectivity index (χ1) is 14.3. The molecule has 2 atom stereocenters. The van der Waals surface area contributed by atoms with E-state index in [-0.39, 0.29) is 0 Å². The van der Waals surface area contributed by atoms with E-state index in [1.165, 1.54) is 32.4 Å². The zero-order valence-corrected chi connectivity index (χ0v) is 20.2. The number of ether oxygens (including phenoxy) is 2. The maximum atomic E-state index is 11.1. The topological polar surface area (TPSA) is 104 Å². The van der Waals surface area contributed by atoms with Crippen molar-refractivity contribution in [2.75, 3.05) is 39.4 Å². The molecule has 2 aliphatic rings. The Labute approximate surface area is 190 Å². The van der Waals surface area contributed by atoms with E-state index in [1.54, 1.807) is 19.2 Å². The summed E-state index contributed by atoms with van der Waals surface area (Å²) >= 11 is 5.63. The molecular formula is C20H36N4O4S2. The number of nitriles is 1. The molecule has 10 heteroatoms. The molecule has 2 fully saturated rings. The highest BCUT2D eigenvalue weighted by atomic mass is 32.2. The van der Waals surface area contributed by atoms with E-state index < -0.39 is 11.4 Å². The highest BCUT2D eigenvalue weighted by Gasteiger charge is 2.19. The average molecular weight is 461 g/mol. The van der Waals surface area contributed by atoms with Gasteiger partial charge in [-0.2, -0.15) is 5.26 Å². The van der Waals surface area contributed by atoms with Crippen molar-refractivity contribution < 1.29 is 19.1 Å². The van der Waals surface area contributed by atoms with Gasteiger partial charge in [0.05, 0.1) is 25.0 Å². The number of thioether (sulfide) groups is 1. The Balaban J connectivity index is 0.000000471. The van der Waals surface area contributed by atoms with Crippen LogP contribution in [0.25, 0.3) is 0 Å². The van der Waals surface area contributed by atoms with E-state index in [0.29, 0.717) is 36.0 Å². The van der Waals surface area contributed by atoms with E-state index >= 15 is 0 Å². The number of nitrogens with zero attached hydrogens (tertiary/aromatic N) is 2. The number of carbonyl (C=O) groups excluding carboxylic acids is 2. The number of carbonyl (C=O) groups is 2. The second-order valence-corrected chi connectivity index (χ2v) is 8.28. The molecule has 0 saturated carbocycles. The molecule has 2 rings (SSSR count). The Morgan fingerprint density at radius 1 is 1.20 bits per heavy atom. The van der Waals surface area contributed by atoms with Crippen molar-refractivity contribution in [2.45, 2.75) is 53.4 Å². The summed E-state index contributed by atoms with van der Waals surface area (Å²) in [5.74, 6) is 1.56. The highest BCUT2D eigenvalue weighted by Crippen LogP contribution is 2.15. The van der Waals surface area contributed by atoms with Crippen molar-refractivity contribution in [1.29, 1.82) is 5.26 Å². The first kappa shape index (κ1) is 28.4. The van der Waals surface area contributed by atoms with Crippen LogP contribution in [0.15, 0.2) is 0 Å². The van der Waals surface area contributed by atoms with Crippen molar-refractivity contribution in [3.05, 3.63) is 0 Å². The summed E-state index contributed by atoms with van der Waals surface area (Å²) in [5.41, 5.74) is 0. The van der Waals surface area contributed by atoms with Crippen molar-refractivity contribution in [2.24, 2.45) is 11.8 Å². The van der Waals surface area contributed by atoms with Gasteiger partial charge in [0.25, 0.3) is 0 Å². The Kier molecular flexibility index (Phi) is 17.3. The van der Waals surface area contributed by atoms with Crippen LogP contribution in [0.1, 0.15) is 53.4 Å². The Bertz CT molecular complexity index is 551. The number of amides is 1. The summed E-state index contributed by atoms with van der Waals surface area (Å²) < 4.78 is 9.15. The third-order valence-electron chi connectivity index (χ3n) is 4.36. The van der Waals surface area contributed by atoms with Crippen molar-refractivity contribution in [1.82, 2.24) is 15.5 Å². The lowest BCUT2D eigenvalue weighted by Crippen LogP contribution is -2.46. The number of rotatable bonds is 2. The van der Waals surface area contributed by atoms with Crippen molar-refractivity contribution in [3.8, 4) is 5.40 Å². The fourth-order valence-electron chi connectivity index (χ4n) is 2.92. The number of alkyl carbamates (subject to hydrolysis) is 1. The van der Waals surface area contributed by atoms with E-state index in [4.69, 9.17) is 22.2 Å². The summed E-state index contributed by atoms with van der Waals surface area (Å²) in [5, 5.41) is 15.3. The number of hydrogen-bond donors (Lipinski definition) is 2. The number of likely N-dealkylation sites (tertiary alicyclic amines) is 1. The first-order valence-electron chi connectivity index (χ1n) is 10.5. The number of thiocarbonyl (C=S) groups is 1. The Morgan fingerprint density at radius 2 is 1.87 bits per heavy atom. The fraction of sp³-hybridized carbons (Fsp3) is 0.800. The van der Waals surface area contributed by atoms with E-state index in [9.17, 15) is 9.59 Å². The summed E-state index contributed by atoms with van der Waals surface area (Å²) in [4.78, 5) is 23.3. The zero-order chi connectivity index (χ0) is 22.8. The minimum absolute atomic E-state index is 0.327.